The van der Waals surface area contributed by atoms with E-state index in [1.54, 1.807) is 16.6 Å². The topological polar surface area (TPSA) is 50.5 Å². The van der Waals surface area contributed by atoms with Crippen molar-refractivity contribution < 1.29 is 8.60 Å². The molecule has 0 aliphatic carbocycles. The first-order chi connectivity index (χ1) is 12.5. The zero-order valence-electron chi connectivity index (χ0n) is 14.8. The molecule has 1 aliphatic heterocycles. The van der Waals surface area contributed by atoms with Gasteiger partial charge < -0.3 is 4.90 Å². The van der Waals surface area contributed by atoms with Gasteiger partial charge in [-0.05, 0) is 37.1 Å². The molecule has 5 nitrogen and oxygen atoms in total. The predicted molar refractivity (Wildman–Crippen MR) is 105 cm³/mol. The maximum atomic E-state index is 13.1. The fourth-order valence-corrected chi connectivity index (χ4v) is 6.12. The van der Waals surface area contributed by atoms with Gasteiger partial charge in [-0.1, -0.05) is 25.2 Å². The van der Waals surface area contributed by atoms with Crippen LogP contribution in [0.15, 0.2) is 30.5 Å². The lowest BCUT2D eigenvalue weighted by atomic mass is 10.0. The van der Waals surface area contributed by atoms with E-state index in [1.807, 2.05) is 6.20 Å². The Morgan fingerprint density at radius 1 is 1.27 bits per heavy atom. The van der Waals surface area contributed by atoms with Crippen molar-refractivity contribution in [3.8, 4) is 11.3 Å². The van der Waals surface area contributed by atoms with Gasteiger partial charge in [-0.25, -0.2) is 13.9 Å². The highest BCUT2D eigenvalue weighted by Gasteiger charge is 2.39. The number of benzene rings is 1. The second kappa shape index (κ2) is 6.74. The number of aromatic nitrogens is 3. The molecule has 1 unspecified atom stereocenters. The number of nitrogens with zero attached hydrogens (tertiary/aromatic N) is 4. The van der Waals surface area contributed by atoms with Crippen molar-refractivity contribution in [1.82, 2.24) is 14.6 Å². The summed E-state index contributed by atoms with van der Waals surface area (Å²) in [4.78, 5) is 7.68. The first kappa shape index (κ1) is 17.6. The molecular weight excluding hydrogens is 371 g/mol. The molecule has 0 N–H and O–H groups in total. The van der Waals surface area contributed by atoms with Crippen LogP contribution in [0.1, 0.15) is 26.7 Å². The third kappa shape index (κ3) is 2.95. The van der Waals surface area contributed by atoms with Crippen LogP contribution in [0.2, 0.25) is 0 Å². The van der Waals surface area contributed by atoms with E-state index in [1.165, 1.54) is 23.5 Å². The van der Waals surface area contributed by atoms with Crippen molar-refractivity contribution in [2.45, 2.75) is 31.4 Å². The van der Waals surface area contributed by atoms with Crippen LogP contribution in [-0.2, 0) is 10.8 Å². The van der Waals surface area contributed by atoms with E-state index in [4.69, 9.17) is 0 Å². The van der Waals surface area contributed by atoms with E-state index < -0.39 is 10.8 Å². The van der Waals surface area contributed by atoms with Crippen LogP contribution in [0.4, 0.5) is 9.52 Å². The van der Waals surface area contributed by atoms with Crippen molar-refractivity contribution in [3.63, 3.8) is 0 Å². The maximum absolute atomic E-state index is 13.1. The van der Waals surface area contributed by atoms with Crippen LogP contribution < -0.4 is 4.90 Å². The summed E-state index contributed by atoms with van der Waals surface area (Å²) in [5.41, 5.74) is 1.65. The van der Waals surface area contributed by atoms with Crippen LogP contribution >= 0.6 is 11.3 Å². The SMILES string of the molecule is CCC1(CC)CN(c2nn3cc(-c4ccc(F)cc4)nc3s2)CCS1=O. The van der Waals surface area contributed by atoms with Crippen LogP contribution in [0.25, 0.3) is 16.2 Å². The number of halogens is 1. The van der Waals surface area contributed by atoms with Gasteiger partial charge in [0.25, 0.3) is 0 Å². The molecule has 0 radical (unpaired) electrons. The van der Waals surface area contributed by atoms with Crippen molar-refractivity contribution in [2.75, 3.05) is 23.7 Å². The molecule has 0 bridgehead atoms. The van der Waals surface area contributed by atoms with Crippen LogP contribution in [-0.4, -0.2) is 42.4 Å². The summed E-state index contributed by atoms with van der Waals surface area (Å²) >= 11 is 1.54. The van der Waals surface area contributed by atoms with Crippen molar-refractivity contribution in [2.24, 2.45) is 0 Å². The third-order valence-corrected chi connectivity index (χ3v) is 8.45. The average Bonchev–Trinajstić information content (AvgIpc) is 3.22. The van der Waals surface area contributed by atoms with E-state index >= 15 is 0 Å². The number of imidazole rings is 1. The Morgan fingerprint density at radius 3 is 2.65 bits per heavy atom. The van der Waals surface area contributed by atoms with Crippen molar-refractivity contribution >= 4 is 32.2 Å². The number of hydrogen-bond donors (Lipinski definition) is 0. The standard InChI is InChI=1S/C18H21FN4OS2/c1-3-18(4-2)12-22(9-10-26(18)24)17-21-23-11-15(20-16(23)25-17)13-5-7-14(19)8-6-13/h5-8,11H,3-4,9-10,12H2,1-2H3. The summed E-state index contributed by atoms with van der Waals surface area (Å²) in [5, 5.41) is 5.60. The van der Waals surface area contributed by atoms with Gasteiger partial charge in [0, 0.05) is 35.2 Å². The van der Waals surface area contributed by atoms with E-state index in [0.29, 0.717) is 5.75 Å². The van der Waals surface area contributed by atoms with Crippen molar-refractivity contribution in [1.29, 1.82) is 0 Å². The van der Waals surface area contributed by atoms with Gasteiger partial charge in [-0.2, -0.15) is 0 Å². The molecule has 2 aromatic heterocycles. The monoisotopic (exact) mass is 392 g/mol. The normalized spacial score (nSPS) is 20.0. The van der Waals surface area contributed by atoms with E-state index in [0.717, 1.165) is 47.3 Å². The zero-order chi connectivity index (χ0) is 18.3. The lowest BCUT2D eigenvalue weighted by molar-refractivity contribution is 0.495. The molecule has 0 saturated carbocycles. The molecule has 138 valence electrons. The maximum Gasteiger partial charge on any atom is 0.214 e. The molecule has 8 heteroatoms. The minimum Gasteiger partial charge on any atom is -0.344 e. The van der Waals surface area contributed by atoms with Gasteiger partial charge in [-0.3, -0.25) is 4.21 Å². The number of hydrogen-bond acceptors (Lipinski definition) is 5. The van der Waals surface area contributed by atoms with E-state index in [9.17, 15) is 8.60 Å². The molecule has 4 rings (SSSR count). The molecular formula is C18H21FN4OS2. The highest BCUT2D eigenvalue weighted by molar-refractivity contribution is 7.86. The Labute approximate surface area is 158 Å². The van der Waals surface area contributed by atoms with Gasteiger partial charge in [0.05, 0.1) is 16.6 Å². The number of rotatable bonds is 4. The predicted octanol–water partition coefficient (Wildman–Crippen LogP) is 3.72. The summed E-state index contributed by atoms with van der Waals surface area (Å²) in [6.45, 7) is 5.77. The molecule has 1 fully saturated rings. The molecule has 1 saturated heterocycles. The summed E-state index contributed by atoms with van der Waals surface area (Å²) in [7, 11) is -0.788. The minimum atomic E-state index is -0.788. The molecule has 1 aliphatic rings. The van der Waals surface area contributed by atoms with Gasteiger partial charge in [0.1, 0.15) is 5.82 Å². The lowest BCUT2D eigenvalue weighted by Crippen LogP contribution is -2.53. The molecule has 0 spiro atoms. The molecule has 0 amide bonds. The second-order valence-corrected chi connectivity index (χ2v) is 9.51. The quantitative estimate of drug-likeness (QED) is 0.679. The van der Waals surface area contributed by atoms with Gasteiger partial charge >= 0.3 is 0 Å². The highest BCUT2D eigenvalue weighted by Crippen LogP contribution is 2.33. The second-order valence-electron chi connectivity index (χ2n) is 6.61. The van der Waals surface area contributed by atoms with Gasteiger partial charge in [0.2, 0.25) is 10.1 Å². The van der Waals surface area contributed by atoms with Crippen LogP contribution in [0.3, 0.4) is 0 Å². The van der Waals surface area contributed by atoms with Crippen LogP contribution in [0, 0.1) is 5.82 Å². The number of anilines is 1. The lowest BCUT2D eigenvalue weighted by Gasteiger charge is -2.40. The minimum absolute atomic E-state index is 0.148. The Kier molecular flexibility index (Phi) is 4.56. The molecule has 3 heterocycles. The average molecular weight is 393 g/mol. The summed E-state index contributed by atoms with van der Waals surface area (Å²) in [6, 6.07) is 6.31. The zero-order valence-corrected chi connectivity index (χ0v) is 16.4. The Hall–Kier alpha value is -1.80. The molecule has 1 atom stereocenters. The van der Waals surface area contributed by atoms with Crippen LogP contribution in [0.5, 0.6) is 0 Å². The largest absolute Gasteiger partial charge is 0.344 e. The first-order valence-electron chi connectivity index (χ1n) is 8.80. The van der Waals surface area contributed by atoms with Crippen molar-refractivity contribution in [3.05, 3.63) is 36.3 Å². The molecule has 26 heavy (non-hydrogen) atoms. The highest BCUT2D eigenvalue weighted by atomic mass is 32.2. The molecule has 3 aromatic rings. The summed E-state index contributed by atoms with van der Waals surface area (Å²) in [5.74, 6) is 0.428. The fraction of sp³-hybridized carbons (Fsp3) is 0.444. The Morgan fingerprint density at radius 2 is 2.00 bits per heavy atom. The Bertz CT molecular complexity index is 914. The molecule has 1 aromatic carbocycles. The summed E-state index contributed by atoms with van der Waals surface area (Å²) < 4.78 is 27.3. The summed E-state index contributed by atoms with van der Waals surface area (Å²) in [6.07, 6.45) is 3.69. The first-order valence-corrected chi connectivity index (χ1v) is 10.9. The van der Waals surface area contributed by atoms with Gasteiger partial charge in [0.15, 0.2) is 0 Å². The van der Waals surface area contributed by atoms with E-state index in [-0.39, 0.29) is 10.6 Å². The smallest absolute Gasteiger partial charge is 0.214 e. The number of fused-ring (bicyclic) bond motifs is 1. The van der Waals surface area contributed by atoms with Gasteiger partial charge in [-0.15, -0.1) is 5.10 Å². The fourth-order valence-electron chi connectivity index (χ4n) is 3.44. The third-order valence-electron chi connectivity index (χ3n) is 5.24. The Balaban J connectivity index is 1.61. The van der Waals surface area contributed by atoms with E-state index in [2.05, 4.69) is 28.8 Å².